The quantitative estimate of drug-likeness (QED) is 0.373. The van der Waals surface area contributed by atoms with E-state index in [4.69, 9.17) is 0 Å². The summed E-state index contributed by atoms with van der Waals surface area (Å²) in [5.74, 6) is -0.952. The van der Waals surface area contributed by atoms with Gasteiger partial charge in [0, 0.05) is 12.1 Å². The summed E-state index contributed by atoms with van der Waals surface area (Å²) < 4.78 is 4.66. The van der Waals surface area contributed by atoms with E-state index >= 15 is 0 Å². The molecule has 90 valence electrons. The molecule has 0 unspecified atom stereocenters. The second-order valence-electron chi connectivity index (χ2n) is 3.09. The Balaban J connectivity index is 2.84. The van der Waals surface area contributed by atoms with Gasteiger partial charge in [0.15, 0.2) is 5.75 Å². The molecule has 6 heteroatoms. The number of nitro benzene ring substituents is 1. The Hall–Kier alpha value is -2.37. The van der Waals surface area contributed by atoms with Gasteiger partial charge in [0.25, 0.3) is 0 Å². The van der Waals surface area contributed by atoms with E-state index in [9.17, 15) is 20.0 Å². The molecule has 0 saturated carbocycles. The Morgan fingerprint density at radius 2 is 2.29 bits per heavy atom. The minimum absolute atomic E-state index is 0.273. The van der Waals surface area contributed by atoms with Crippen molar-refractivity contribution in [1.29, 1.82) is 0 Å². The van der Waals surface area contributed by atoms with Crippen molar-refractivity contribution in [2.75, 3.05) is 6.61 Å². The molecule has 0 bridgehead atoms. The van der Waals surface area contributed by atoms with E-state index in [1.165, 1.54) is 30.4 Å². The largest absolute Gasteiger partial charge is 0.502 e. The number of phenols is 1. The van der Waals surface area contributed by atoms with Crippen LogP contribution in [0, 0.1) is 10.1 Å². The first-order chi connectivity index (χ1) is 8.04. The maximum Gasteiger partial charge on any atom is 0.330 e. The third kappa shape index (κ3) is 3.60. The SMILES string of the molecule is CCOC(=O)/C=C/c1ccc([N+](=O)[O-])c(O)c1. The van der Waals surface area contributed by atoms with Crippen LogP contribution < -0.4 is 0 Å². The molecule has 0 aliphatic carbocycles. The standard InChI is InChI=1S/C11H11NO5/c1-2-17-11(14)6-4-8-3-5-9(12(15)16)10(13)7-8/h3-7,13H,2H2,1H3/b6-4+. The molecule has 0 atom stereocenters. The van der Waals surface area contributed by atoms with Crippen molar-refractivity contribution < 1.29 is 19.6 Å². The number of aromatic hydroxyl groups is 1. The summed E-state index contributed by atoms with van der Waals surface area (Å²) >= 11 is 0. The summed E-state index contributed by atoms with van der Waals surface area (Å²) in [5, 5.41) is 19.8. The summed E-state index contributed by atoms with van der Waals surface area (Å²) in [5.41, 5.74) is 0.0967. The number of ether oxygens (including phenoxy) is 1. The van der Waals surface area contributed by atoms with Crippen molar-refractivity contribution in [2.45, 2.75) is 6.92 Å². The third-order valence-corrected chi connectivity index (χ3v) is 1.89. The molecule has 0 spiro atoms. The van der Waals surface area contributed by atoms with Crippen LogP contribution in [0.25, 0.3) is 6.08 Å². The summed E-state index contributed by atoms with van der Waals surface area (Å²) in [6, 6.07) is 3.79. The first-order valence-corrected chi connectivity index (χ1v) is 4.87. The molecular formula is C11H11NO5. The lowest BCUT2D eigenvalue weighted by Crippen LogP contribution is -1.98. The fourth-order valence-corrected chi connectivity index (χ4v) is 1.15. The highest BCUT2D eigenvalue weighted by molar-refractivity contribution is 5.87. The lowest BCUT2D eigenvalue weighted by atomic mass is 10.2. The van der Waals surface area contributed by atoms with Gasteiger partial charge in [-0.3, -0.25) is 10.1 Å². The summed E-state index contributed by atoms with van der Waals surface area (Å²) in [6.45, 7) is 1.96. The van der Waals surface area contributed by atoms with Crippen molar-refractivity contribution in [3.8, 4) is 5.75 Å². The Morgan fingerprint density at radius 3 is 2.82 bits per heavy atom. The van der Waals surface area contributed by atoms with E-state index in [1.807, 2.05) is 0 Å². The predicted molar refractivity (Wildman–Crippen MR) is 60.4 cm³/mol. The number of phenolic OH excluding ortho intramolecular Hbond substituents is 1. The average molecular weight is 237 g/mol. The minimum Gasteiger partial charge on any atom is -0.502 e. The summed E-state index contributed by atoms with van der Waals surface area (Å²) in [4.78, 5) is 20.7. The van der Waals surface area contributed by atoms with Gasteiger partial charge in [0.2, 0.25) is 0 Å². The minimum atomic E-state index is -0.686. The molecule has 1 rings (SSSR count). The lowest BCUT2D eigenvalue weighted by molar-refractivity contribution is -0.385. The first kappa shape index (κ1) is 12.7. The average Bonchev–Trinajstić information content (AvgIpc) is 2.26. The number of carbonyl (C=O) groups is 1. The van der Waals surface area contributed by atoms with Crippen LogP contribution >= 0.6 is 0 Å². The van der Waals surface area contributed by atoms with E-state index < -0.39 is 16.6 Å². The second-order valence-corrected chi connectivity index (χ2v) is 3.09. The molecule has 0 saturated heterocycles. The van der Waals surface area contributed by atoms with Gasteiger partial charge < -0.3 is 9.84 Å². The van der Waals surface area contributed by atoms with E-state index in [0.717, 1.165) is 0 Å². The molecule has 0 amide bonds. The Morgan fingerprint density at radius 1 is 1.59 bits per heavy atom. The molecule has 1 aromatic rings. The fraction of sp³-hybridized carbons (Fsp3) is 0.182. The predicted octanol–water partition coefficient (Wildman–Crippen LogP) is 1.88. The van der Waals surface area contributed by atoms with Crippen LogP contribution in [0.2, 0.25) is 0 Å². The molecule has 0 heterocycles. The molecule has 0 fully saturated rings. The van der Waals surface area contributed by atoms with Gasteiger partial charge in [-0.1, -0.05) is 0 Å². The molecule has 1 N–H and O–H groups in total. The Bertz CT molecular complexity index is 467. The number of nitrogens with zero attached hydrogens (tertiary/aromatic N) is 1. The highest BCUT2D eigenvalue weighted by Gasteiger charge is 2.11. The van der Waals surface area contributed by atoms with Gasteiger partial charge in [0.1, 0.15) is 0 Å². The van der Waals surface area contributed by atoms with Crippen molar-refractivity contribution in [3.05, 3.63) is 40.0 Å². The highest BCUT2D eigenvalue weighted by atomic mass is 16.6. The number of hydrogen-bond donors (Lipinski definition) is 1. The second kappa shape index (κ2) is 5.64. The van der Waals surface area contributed by atoms with E-state index in [0.29, 0.717) is 5.56 Å². The Kier molecular flexibility index (Phi) is 4.21. The van der Waals surface area contributed by atoms with Gasteiger partial charge >= 0.3 is 11.7 Å². The molecular weight excluding hydrogens is 226 g/mol. The molecule has 0 aromatic heterocycles. The van der Waals surface area contributed by atoms with E-state index in [1.54, 1.807) is 6.92 Å². The van der Waals surface area contributed by atoms with Crippen molar-refractivity contribution in [1.82, 2.24) is 0 Å². The van der Waals surface area contributed by atoms with Crippen LogP contribution in [-0.2, 0) is 9.53 Å². The van der Waals surface area contributed by atoms with Crippen LogP contribution in [0.15, 0.2) is 24.3 Å². The highest BCUT2D eigenvalue weighted by Crippen LogP contribution is 2.26. The maximum absolute atomic E-state index is 11.0. The molecule has 0 radical (unpaired) electrons. The van der Waals surface area contributed by atoms with Crippen molar-refractivity contribution in [2.24, 2.45) is 0 Å². The topological polar surface area (TPSA) is 89.7 Å². The number of hydrogen-bond acceptors (Lipinski definition) is 5. The van der Waals surface area contributed by atoms with Gasteiger partial charge in [-0.05, 0) is 30.7 Å². The van der Waals surface area contributed by atoms with Crippen LogP contribution in [0.4, 0.5) is 5.69 Å². The molecule has 0 aliphatic heterocycles. The zero-order valence-electron chi connectivity index (χ0n) is 9.12. The Labute approximate surface area is 97.3 Å². The van der Waals surface area contributed by atoms with Gasteiger partial charge in [-0.15, -0.1) is 0 Å². The van der Waals surface area contributed by atoms with Crippen LogP contribution in [0.1, 0.15) is 12.5 Å². The molecule has 1 aromatic carbocycles. The number of nitro groups is 1. The lowest BCUT2D eigenvalue weighted by Gasteiger charge is -1.98. The van der Waals surface area contributed by atoms with Crippen LogP contribution in [0.5, 0.6) is 5.75 Å². The first-order valence-electron chi connectivity index (χ1n) is 4.87. The molecule has 0 aliphatic rings. The molecule has 17 heavy (non-hydrogen) atoms. The van der Waals surface area contributed by atoms with Gasteiger partial charge in [-0.25, -0.2) is 4.79 Å². The zero-order chi connectivity index (χ0) is 12.8. The van der Waals surface area contributed by atoms with Crippen molar-refractivity contribution >= 4 is 17.7 Å². The van der Waals surface area contributed by atoms with Crippen LogP contribution in [0.3, 0.4) is 0 Å². The fourth-order valence-electron chi connectivity index (χ4n) is 1.15. The monoisotopic (exact) mass is 237 g/mol. The number of benzene rings is 1. The van der Waals surface area contributed by atoms with E-state index in [-0.39, 0.29) is 12.3 Å². The summed E-state index contributed by atoms with van der Waals surface area (Å²) in [6.07, 6.45) is 2.59. The van der Waals surface area contributed by atoms with Gasteiger partial charge in [0.05, 0.1) is 11.5 Å². The molecule has 6 nitrogen and oxygen atoms in total. The smallest absolute Gasteiger partial charge is 0.330 e. The maximum atomic E-state index is 11.0. The summed E-state index contributed by atoms with van der Waals surface area (Å²) in [7, 11) is 0. The third-order valence-electron chi connectivity index (χ3n) is 1.89. The normalized spacial score (nSPS) is 10.4. The number of carbonyl (C=O) groups excluding carboxylic acids is 1. The number of esters is 1. The van der Waals surface area contributed by atoms with E-state index in [2.05, 4.69) is 4.74 Å². The van der Waals surface area contributed by atoms with Crippen LogP contribution in [-0.4, -0.2) is 22.6 Å². The van der Waals surface area contributed by atoms with Crippen molar-refractivity contribution in [3.63, 3.8) is 0 Å². The van der Waals surface area contributed by atoms with Gasteiger partial charge in [-0.2, -0.15) is 0 Å². The zero-order valence-corrected chi connectivity index (χ0v) is 9.12. The number of rotatable bonds is 4.